The molecule has 0 saturated carbocycles. The first-order chi connectivity index (χ1) is 20.2. The van der Waals surface area contributed by atoms with Gasteiger partial charge in [-0.15, -0.1) is 0 Å². The molecule has 220 valence electrons. The van der Waals surface area contributed by atoms with Gasteiger partial charge in [-0.1, -0.05) is 42.8 Å². The number of imide groups is 3. The van der Waals surface area contributed by atoms with E-state index < -0.39 is 60.5 Å². The first kappa shape index (κ1) is 29.5. The van der Waals surface area contributed by atoms with E-state index in [2.05, 4.69) is 0 Å². The fourth-order valence-electron chi connectivity index (χ4n) is 6.37. The van der Waals surface area contributed by atoms with Crippen molar-refractivity contribution in [1.82, 2.24) is 4.90 Å². The Labute approximate surface area is 243 Å². The number of likely N-dealkylation sites (tertiary alicyclic amines) is 1. The number of carbonyl (C=O) groups excluding carboxylic acids is 3. The number of amides is 3. The van der Waals surface area contributed by atoms with E-state index in [1.807, 2.05) is 43.3 Å². The van der Waals surface area contributed by atoms with Crippen LogP contribution in [0.3, 0.4) is 0 Å². The number of phenols is 1. The number of aromatic hydroxyl groups is 1. The summed E-state index contributed by atoms with van der Waals surface area (Å²) in [6.45, 7) is 2.13. The van der Waals surface area contributed by atoms with E-state index in [1.165, 1.54) is 12.1 Å². The second kappa shape index (κ2) is 12.5. The molecule has 2 heterocycles. The SMILES string of the molecule is CC/C(=C\c1ccc(O)c(F)c1)CC[C@H]1OB(O)C[C@H]2C1=C(COc1ccccc1)C[C@H]1C(=O)N(C(=O)OC)C(=O)[C@H]12. The molecule has 42 heavy (non-hydrogen) atoms. The zero-order chi connectivity index (χ0) is 30.0. The minimum absolute atomic E-state index is 0.0964. The monoisotopic (exact) mass is 577 g/mol. The molecule has 4 atom stereocenters. The first-order valence-electron chi connectivity index (χ1n) is 14.1. The summed E-state index contributed by atoms with van der Waals surface area (Å²) in [4.78, 5) is 39.7. The van der Waals surface area contributed by atoms with Crippen LogP contribution in [0.2, 0.25) is 6.32 Å². The van der Waals surface area contributed by atoms with Crippen molar-refractivity contribution in [1.29, 1.82) is 0 Å². The molecule has 2 aliphatic heterocycles. The minimum Gasteiger partial charge on any atom is -0.505 e. The van der Waals surface area contributed by atoms with Gasteiger partial charge in [0.2, 0.25) is 11.8 Å². The molecular weight excluding hydrogens is 544 g/mol. The quantitative estimate of drug-likeness (QED) is 0.262. The van der Waals surface area contributed by atoms with Gasteiger partial charge in [-0.3, -0.25) is 9.59 Å². The molecule has 3 aliphatic rings. The third-order valence-corrected chi connectivity index (χ3v) is 8.35. The largest absolute Gasteiger partial charge is 0.505 e. The summed E-state index contributed by atoms with van der Waals surface area (Å²) in [6, 6.07) is 13.4. The summed E-state index contributed by atoms with van der Waals surface area (Å²) in [7, 11) is -0.0538. The molecule has 11 heteroatoms. The summed E-state index contributed by atoms with van der Waals surface area (Å²) in [5, 5.41) is 20.3. The summed E-state index contributed by atoms with van der Waals surface area (Å²) in [5.41, 5.74) is 3.23. The Kier molecular flexibility index (Phi) is 8.79. The summed E-state index contributed by atoms with van der Waals surface area (Å²) in [6.07, 6.45) is 2.26. The number of phenolic OH excluding ortho intramolecular Hbond substituents is 1. The van der Waals surface area contributed by atoms with Gasteiger partial charge in [-0.2, -0.15) is 4.90 Å². The van der Waals surface area contributed by atoms with Crippen LogP contribution in [0.1, 0.15) is 38.2 Å². The topological polar surface area (TPSA) is 123 Å². The number of allylic oxidation sites excluding steroid dienone is 1. The number of hydrogen-bond acceptors (Lipinski definition) is 8. The van der Waals surface area contributed by atoms with Crippen molar-refractivity contribution in [3.05, 3.63) is 76.6 Å². The van der Waals surface area contributed by atoms with Gasteiger partial charge in [0, 0.05) is 0 Å². The van der Waals surface area contributed by atoms with Gasteiger partial charge in [0.15, 0.2) is 11.6 Å². The van der Waals surface area contributed by atoms with Gasteiger partial charge < -0.3 is 24.3 Å². The molecule has 1 aliphatic carbocycles. The van der Waals surface area contributed by atoms with Gasteiger partial charge in [0.25, 0.3) is 0 Å². The smallest absolute Gasteiger partial charge is 0.455 e. The maximum absolute atomic E-state index is 13.9. The van der Waals surface area contributed by atoms with Crippen molar-refractivity contribution in [3.8, 4) is 11.5 Å². The van der Waals surface area contributed by atoms with Crippen LogP contribution in [0.25, 0.3) is 6.08 Å². The minimum atomic E-state index is -1.17. The zero-order valence-electron chi connectivity index (χ0n) is 23.5. The number of ether oxygens (including phenoxy) is 2. The van der Waals surface area contributed by atoms with Crippen molar-refractivity contribution in [2.75, 3.05) is 13.7 Å². The Hall–Kier alpha value is -3.96. The molecule has 2 aromatic carbocycles. The van der Waals surface area contributed by atoms with Crippen LogP contribution in [-0.4, -0.2) is 59.9 Å². The van der Waals surface area contributed by atoms with E-state index in [1.54, 1.807) is 6.07 Å². The maximum atomic E-state index is 13.9. The fourth-order valence-corrected chi connectivity index (χ4v) is 6.37. The van der Waals surface area contributed by atoms with Gasteiger partial charge in [0.05, 0.1) is 25.0 Å². The van der Waals surface area contributed by atoms with Crippen molar-refractivity contribution < 1.29 is 43.0 Å². The number of rotatable bonds is 8. The highest BCUT2D eigenvalue weighted by Gasteiger charge is 2.59. The van der Waals surface area contributed by atoms with Crippen molar-refractivity contribution >= 4 is 31.1 Å². The molecular formula is C31H33BFNO8. The molecule has 0 unspecified atom stereocenters. The lowest BCUT2D eigenvalue weighted by molar-refractivity contribution is -0.137. The number of hydrogen-bond donors (Lipinski definition) is 2. The Morgan fingerprint density at radius 3 is 2.62 bits per heavy atom. The third kappa shape index (κ3) is 5.84. The van der Waals surface area contributed by atoms with E-state index in [0.717, 1.165) is 23.8 Å². The molecule has 0 spiro atoms. The van der Waals surface area contributed by atoms with Crippen LogP contribution in [0.5, 0.6) is 11.5 Å². The van der Waals surface area contributed by atoms with E-state index in [-0.39, 0.29) is 19.3 Å². The number of methoxy groups -OCH3 is 1. The molecule has 0 aromatic heterocycles. The Morgan fingerprint density at radius 1 is 1.17 bits per heavy atom. The standard InChI is InChI=1S/C31H33BFNO8/c1-3-18(13-19-9-11-25(35)24(33)14-19)10-12-26-27-20(17-41-21-7-5-4-6-8-21)15-22-28(23(27)16-32(39)42-26)30(37)34(29(22)36)31(38)40-2/h4-9,11,13-14,22-23,26,28,35,39H,3,10,12,15-17H2,1-2H3/b18-13+/t22-,23+,26-,28-/m1/s1. The van der Waals surface area contributed by atoms with Crippen LogP contribution >= 0.6 is 0 Å². The maximum Gasteiger partial charge on any atom is 0.455 e. The van der Waals surface area contributed by atoms with E-state index >= 15 is 0 Å². The lowest BCUT2D eigenvalue weighted by atomic mass is 9.58. The van der Waals surface area contributed by atoms with Crippen LogP contribution in [0, 0.1) is 23.6 Å². The fraction of sp³-hybridized carbons (Fsp3) is 0.387. The first-order valence-corrected chi connectivity index (χ1v) is 14.1. The van der Waals surface area contributed by atoms with Crippen molar-refractivity contribution in [3.63, 3.8) is 0 Å². The number of benzene rings is 2. The van der Waals surface area contributed by atoms with E-state index in [9.17, 15) is 28.9 Å². The summed E-state index contributed by atoms with van der Waals surface area (Å²) < 4.78 is 30.8. The summed E-state index contributed by atoms with van der Waals surface area (Å²) >= 11 is 0. The highest BCUT2D eigenvalue weighted by molar-refractivity contribution is 6.43. The van der Waals surface area contributed by atoms with Gasteiger partial charge >= 0.3 is 13.2 Å². The molecule has 0 bridgehead atoms. The Bertz CT molecular complexity index is 1430. The van der Waals surface area contributed by atoms with Crippen molar-refractivity contribution in [2.24, 2.45) is 17.8 Å². The number of nitrogens with zero attached hydrogens (tertiary/aromatic N) is 1. The Morgan fingerprint density at radius 2 is 1.93 bits per heavy atom. The molecule has 5 rings (SSSR count). The van der Waals surface area contributed by atoms with Crippen LogP contribution in [0.15, 0.2) is 65.3 Å². The van der Waals surface area contributed by atoms with Crippen LogP contribution < -0.4 is 4.74 Å². The third-order valence-electron chi connectivity index (χ3n) is 8.35. The van der Waals surface area contributed by atoms with Crippen LogP contribution in [0.4, 0.5) is 9.18 Å². The molecule has 3 amide bonds. The molecule has 2 fully saturated rings. The predicted molar refractivity (Wildman–Crippen MR) is 152 cm³/mol. The average molecular weight is 577 g/mol. The molecule has 2 saturated heterocycles. The highest BCUT2D eigenvalue weighted by Crippen LogP contribution is 2.50. The lowest BCUT2D eigenvalue weighted by Gasteiger charge is -2.43. The molecule has 0 radical (unpaired) electrons. The highest BCUT2D eigenvalue weighted by atomic mass is 19.1. The van der Waals surface area contributed by atoms with Crippen molar-refractivity contribution in [2.45, 2.75) is 45.0 Å². The van der Waals surface area contributed by atoms with Gasteiger partial charge in [0.1, 0.15) is 12.4 Å². The number of carbonyl (C=O) groups is 3. The lowest BCUT2D eigenvalue weighted by Crippen LogP contribution is -2.46. The van der Waals surface area contributed by atoms with E-state index in [0.29, 0.717) is 35.5 Å². The van der Waals surface area contributed by atoms with E-state index in [4.69, 9.17) is 14.1 Å². The molecule has 9 nitrogen and oxygen atoms in total. The zero-order valence-corrected chi connectivity index (χ0v) is 23.5. The second-order valence-corrected chi connectivity index (χ2v) is 10.8. The average Bonchev–Trinajstić information content (AvgIpc) is 3.24. The number of halogens is 1. The Balaban J connectivity index is 1.46. The van der Waals surface area contributed by atoms with Crippen LogP contribution in [-0.2, 0) is 19.0 Å². The van der Waals surface area contributed by atoms with Gasteiger partial charge in [-0.05, 0) is 78.9 Å². The number of para-hydroxylation sites is 1. The summed E-state index contributed by atoms with van der Waals surface area (Å²) in [5.74, 6) is -3.85. The molecule has 2 aromatic rings. The predicted octanol–water partition coefficient (Wildman–Crippen LogP) is 4.75. The second-order valence-electron chi connectivity index (χ2n) is 10.8. The normalized spacial score (nSPS) is 24.0. The van der Waals surface area contributed by atoms with Gasteiger partial charge in [-0.25, -0.2) is 9.18 Å². The number of fused-ring (bicyclic) bond motifs is 3. The molecule has 2 N–H and O–H groups in total.